The molecule has 2 N–H and O–H groups in total. The van der Waals surface area contributed by atoms with E-state index in [-0.39, 0.29) is 12.5 Å². The number of carbonyl (C=O) groups is 1. The van der Waals surface area contributed by atoms with Gasteiger partial charge in [0.2, 0.25) is 0 Å². The summed E-state index contributed by atoms with van der Waals surface area (Å²) >= 11 is 0. The zero-order valence-corrected chi connectivity index (χ0v) is 13.1. The van der Waals surface area contributed by atoms with Gasteiger partial charge in [-0.05, 0) is 30.5 Å². The molecule has 0 saturated carbocycles. The highest BCUT2D eigenvalue weighted by Gasteiger charge is 2.13. The van der Waals surface area contributed by atoms with E-state index in [1.165, 1.54) is 0 Å². The quantitative estimate of drug-likeness (QED) is 0.634. The average Bonchev–Trinajstić information content (AvgIpc) is 2.52. The molecule has 22 heavy (non-hydrogen) atoms. The smallest absolute Gasteiger partial charge is 0.139 e. The average molecular weight is 296 g/mol. The van der Waals surface area contributed by atoms with Crippen molar-refractivity contribution in [2.45, 2.75) is 20.8 Å². The Morgan fingerprint density at radius 1 is 1.27 bits per heavy atom. The third-order valence-corrected chi connectivity index (χ3v) is 3.38. The monoisotopic (exact) mass is 296 g/mol. The molecule has 0 aliphatic heterocycles. The largest absolute Gasteiger partial charge is 0.378 e. The van der Waals surface area contributed by atoms with E-state index in [1.54, 1.807) is 12.4 Å². The number of carbonyl (C=O) groups excluding carboxylic acids is 1. The van der Waals surface area contributed by atoms with Crippen LogP contribution < -0.4 is 5.32 Å². The summed E-state index contributed by atoms with van der Waals surface area (Å²) < 4.78 is 0. The number of aryl methyl sites for hydroxylation is 1. The van der Waals surface area contributed by atoms with Gasteiger partial charge in [-0.3, -0.25) is 0 Å². The Labute approximate surface area is 130 Å². The van der Waals surface area contributed by atoms with E-state index < -0.39 is 0 Å². The summed E-state index contributed by atoms with van der Waals surface area (Å²) in [4.78, 5) is 19.0. The minimum atomic E-state index is 0.0984. The van der Waals surface area contributed by atoms with Crippen molar-refractivity contribution in [3.05, 3.63) is 42.0 Å². The minimum Gasteiger partial charge on any atom is -0.378 e. The summed E-state index contributed by atoms with van der Waals surface area (Å²) in [5.74, 6) is 0.824. The topological polar surface area (TPSA) is 78.7 Å². The Balaban J connectivity index is 2.45. The van der Waals surface area contributed by atoms with Crippen LogP contribution in [0.3, 0.4) is 0 Å². The van der Waals surface area contributed by atoms with Crippen LogP contribution in [0.25, 0.3) is 11.1 Å². The molecular formula is C17H20N4O. The molecule has 1 heterocycles. The lowest BCUT2D eigenvalue weighted by Crippen LogP contribution is -2.13. The van der Waals surface area contributed by atoms with Crippen LogP contribution in [0.5, 0.6) is 0 Å². The Morgan fingerprint density at radius 2 is 1.95 bits per heavy atom. The highest BCUT2D eigenvalue weighted by molar-refractivity contribution is 6.05. The van der Waals surface area contributed by atoms with Crippen molar-refractivity contribution >= 4 is 17.7 Å². The molecule has 0 fully saturated rings. The zero-order chi connectivity index (χ0) is 16.1. The molecule has 0 aliphatic rings. The molecule has 0 saturated heterocycles. The second-order valence-corrected chi connectivity index (χ2v) is 5.40. The maximum Gasteiger partial charge on any atom is 0.139 e. The first kappa shape index (κ1) is 15.8. The van der Waals surface area contributed by atoms with Gasteiger partial charge in [-0.2, -0.15) is 0 Å². The fourth-order valence-corrected chi connectivity index (χ4v) is 2.11. The molecule has 0 radical (unpaired) electrons. The summed E-state index contributed by atoms with van der Waals surface area (Å²) in [6.07, 6.45) is 4.36. The molecule has 0 aliphatic carbocycles. The second kappa shape index (κ2) is 6.93. The zero-order valence-electron chi connectivity index (χ0n) is 13.1. The lowest BCUT2D eigenvalue weighted by Gasteiger charge is -2.15. The van der Waals surface area contributed by atoms with Crippen LogP contribution in [-0.2, 0) is 4.79 Å². The van der Waals surface area contributed by atoms with E-state index in [4.69, 9.17) is 5.41 Å². The number of nitrogens with one attached hydrogen (secondary N) is 2. The van der Waals surface area contributed by atoms with Crippen molar-refractivity contribution in [1.82, 2.24) is 9.97 Å². The van der Waals surface area contributed by atoms with E-state index in [0.29, 0.717) is 5.71 Å². The molecule has 114 valence electrons. The first-order valence-corrected chi connectivity index (χ1v) is 7.22. The van der Waals surface area contributed by atoms with Crippen LogP contribution in [-0.4, -0.2) is 28.5 Å². The summed E-state index contributed by atoms with van der Waals surface area (Å²) in [6.45, 7) is 6.03. The maximum absolute atomic E-state index is 10.6. The van der Waals surface area contributed by atoms with Crippen LogP contribution in [0.1, 0.15) is 25.2 Å². The highest BCUT2D eigenvalue weighted by Crippen LogP contribution is 2.26. The van der Waals surface area contributed by atoms with Crippen LogP contribution >= 0.6 is 0 Å². The lowest BCUT2D eigenvalue weighted by atomic mass is 9.95. The van der Waals surface area contributed by atoms with Gasteiger partial charge in [-0.25, -0.2) is 9.97 Å². The number of hydrogen-bond acceptors (Lipinski definition) is 5. The third kappa shape index (κ3) is 3.55. The van der Waals surface area contributed by atoms with Crippen LogP contribution in [0, 0.1) is 18.3 Å². The number of anilines is 1. The molecule has 2 aromatic rings. The van der Waals surface area contributed by atoms with Gasteiger partial charge in [-0.1, -0.05) is 19.9 Å². The van der Waals surface area contributed by atoms with E-state index in [1.807, 2.05) is 39.0 Å². The number of nitrogens with zero attached hydrogens (tertiary/aromatic N) is 2. The first-order chi connectivity index (χ1) is 10.5. The van der Waals surface area contributed by atoms with Gasteiger partial charge in [0.1, 0.15) is 12.1 Å². The van der Waals surface area contributed by atoms with Crippen molar-refractivity contribution in [2.24, 2.45) is 5.92 Å². The molecule has 0 amide bonds. The van der Waals surface area contributed by atoms with Gasteiger partial charge in [0, 0.05) is 34.9 Å². The van der Waals surface area contributed by atoms with E-state index >= 15 is 0 Å². The predicted octanol–water partition coefficient (Wildman–Crippen LogP) is 3.09. The second-order valence-electron chi connectivity index (χ2n) is 5.40. The van der Waals surface area contributed by atoms with Crippen molar-refractivity contribution in [2.75, 3.05) is 11.9 Å². The van der Waals surface area contributed by atoms with Gasteiger partial charge in [-0.15, -0.1) is 0 Å². The molecule has 0 bridgehead atoms. The molecule has 0 spiro atoms. The van der Waals surface area contributed by atoms with Crippen LogP contribution in [0.4, 0.5) is 5.69 Å². The normalized spacial score (nSPS) is 10.5. The van der Waals surface area contributed by atoms with Gasteiger partial charge in [0.05, 0.1) is 6.54 Å². The lowest BCUT2D eigenvalue weighted by molar-refractivity contribution is -0.106. The van der Waals surface area contributed by atoms with Crippen molar-refractivity contribution in [1.29, 1.82) is 5.41 Å². The van der Waals surface area contributed by atoms with Crippen LogP contribution in [0.15, 0.2) is 30.6 Å². The third-order valence-electron chi connectivity index (χ3n) is 3.38. The Bertz CT molecular complexity index is 678. The molecule has 5 nitrogen and oxygen atoms in total. The molecule has 0 unspecified atom stereocenters. The standard InChI is InChI=1S/C17H20N4O/c1-11(2)17(18)15-8-13(4-5-16(15)19-6-7-22)14-9-20-12(3)21-10-14/h4-5,7-11,18-19H,6H2,1-3H3. The fraction of sp³-hybridized carbons (Fsp3) is 0.294. The SMILES string of the molecule is Cc1ncc(-c2ccc(NCC=O)c(C(=N)C(C)C)c2)cn1. The number of benzene rings is 1. The molecule has 0 atom stereocenters. The first-order valence-electron chi connectivity index (χ1n) is 7.22. The Kier molecular flexibility index (Phi) is 4.99. The van der Waals surface area contributed by atoms with Gasteiger partial charge in [0.25, 0.3) is 0 Å². The Hall–Kier alpha value is -2.56. The predicted molar refractivity (Wildman–Crippen MR) is 88.4 cm³/mol. The van der Waals surface area contributed by atoms with Gasteiger partial charge < -0.3 is 15.5 Å². The molecular weight excluding hydrogens is 276 g/mol. The molecule has 2 rings (SSSR count). The van der Waals surface area contributed by atoms with E-state index in [0.717, 1.165) is 34.5 Å². The van der Waals surface area contributed by atoms with Crippen molar-refractivity contribution in [3.8, 4) is 11.1 Å². The number of rotatable bonds is 6. The van der Waals surface area contributed by atoms with E-state index in [9.17, 15) is 4.79 Å². The fourth-order valence-electron chi connectivity index (χ4n) is 2.11. The maximum atomic E-state index is 10.6. The number of hydrogen-bond donors (Lipinski definition) is 2. The summed E-state index contributed by atoms with van der Waals surface area (Å²) in [7, 11) is 0. The van der Waals surface area contributed by atoms with Gasteiger partial charge in [0.15, 0.2) is 0 Å². The molecule has 1 aromatic carbocycles. The minimum absolute atomic E-state index is 0.0984. The summed E-state index contributed by atoms with van der Waals surface area (Å²) in [5, 5.41) is 11.3. The highest BCUT2D eigenvalue weighted by atomic mass is 16.1. The number of aromatic nitrogens is 2. The van der Waals surface area contributed by atoms with Crippen LogP contribution in [0.2, 0.25) is 0 Å². The molecule has 5 heteroatoms. The van der Waals surface area contributed by atoms with Gasteiger partial charge >= 0.3 is 0 Å². The summed E-state index contributed by atoms with van der Waals surface area (Å²) in [5.41, 5.74) is 3.99. The molecule has 1 aromatic heterocycles. The van der Waals surface area contributed by atoms with E-state index in [2.05, 4.69) is 15.3 Å². The Morgan fingerprint density at radius 3 is 2.55 bits per heavy atom. The number of aldehydes is 1. The van der Waals surface area contributed by atoms with Crippen molar-refractivity contribution in [3.63, 3.8) is 0 Å². The van der Waals surface area contributed by atoms with Crippen molar-refractivity contribution < 1.29 is 4.79 Å². The summed E-state index contributed by atoms with van der Waals surface area (Å²) in [6, 6.07) is 5.78.